The average molecular weight is 384 g/mol. The minimum atomic E-state index is -4.53. The van der Waals surface area contributed by atoms with Crippen molar-refractivity contribution in [1.29, 1.82) is 0 Å². The first kappa shape index (κ1) is 18.3. The van der Waals surface area contributed by atoms with Crippen LogP contribution in [0.15, 0.2) is 6.07 Å². The summed E-state index contributed by atoms with van der Waals surface area (Å²) in [5.74, 6) is 0.125. The summed E-state index contributed by atoms with van der Waals surface area (Å²) in [7, 11) is 0. The summed E-state index contributed by atoms with van der Waals surface area (Å²) < 4.78 is 40.1. The van der Waals surface area contributed by atoms with E-state index in [1.165, 1.54) is 0 Å². The van der Waals surface area contributed by atoms with Crippen molar-refractivity contribution < 1.29 is 23.1 Å². The maximum Gasteiger partial charge on any atom is 0.433 e. The first-order chi connectivity index (χ1) is 12.7. The SMILES string of the molecule is C[C@H]1CCN1c1nc(N2C[C@H]3CC[C@@H](C2)[C@H]3CC(=O)O)cc(C(F)(F)F)n1. The number of piperidine rings is 1. The van der Waals surface area contributed by atoms with Crippen molar-refractivity contribution in [3.63, 3.8) is 0 Å². The number of carboxylic acid groups (broad SMARTS) is 1. The van der Waals surface area contributed by atoms with Crippen LogP contribution in [0.1, 0.15) is 38.3 Å². The van der Waals surface area contributed by atoms with Crippen molar-refractivity contribution in [3.05, 3.63) is 11.8 Å². The fraction of sp³-hybridized carbons (Fsp3) is 0.722. The first-order valence-electron chi connectivity index (χ1n) is 9.42. The molecule has 6 nitrogen and oxygen atoms in total. The number of halogens is 3. The lowest BCUT2D eigenvalue weighted by molar-refractivity contribution is -0.141. The second-order valence-corrected chi connectivity index (χ2v) is 8.00. The van der Waals surface area contributed by atoms with Crippen LogP contribution in [-0.2, 0) is 11.0 Å². The number of carboxylic acids is 1. The highest BCUT2D eigenvalue weighted by Crippen LogP contribution is 2.45. The van der Waals surface area contributed by atoms with Crippen molar-refractivity contribution in [3.8, 4) is 0 Å². The quantitative estimate of drug-likeness (QED) is 0.861. The van der Waals surface area contributed by atoms with Crippen LogP contribution < -0.4 is 9.80 Å². The van der Waals surface area contributed by atoms with Gasteiger partial charge in [0.05, 0.1) is 0 Å². The number of hydrogen-bond acceptors (Lipinski definition) is 5. The number of alkyl halides is 3. The van der Waals surface area contributed by atoms with Gasteiger partial charge in [-0.1, -0.05) is 0 Å². The number of aliphatic carboxylic acids is 1. The highest BCUT2D eigenvalue weighted by Gasteiger charge is 2.44. The molecule has 2 bridgehead atoms. The molecule has 2 saturated heterocycles. The fourth-order valence-electron chi connectivity index (χ4n) is 4.73. The van der Waals surface area contributed by atoms with Crippen molar-refractivity contribution in [2.45, 2.75) is 44.8 Å². The van der Waals surface area contributed by atoms with Gasteiger partial charge in [0.25, 0.3) is 0 Å². The van der Waals surface area contributed by atoms with Crippen molar-refractivity contribution >= 4 is 17.7 Å². The van der Waals surface area contributed by atoms with Gasteiger partial charge in [0.15, 0.2) is 5.69 Å². The van der Waals surface area contributed by atoms with Gasteiger partial charge in [-0.05, 0) is 43.9 Å². The Morgan fingerprint density at radius 2 is 1.89 bits per heavy atom. The summed E-state index contributed by atoms with van der Waals surface area (Å²) in [4.78, 5) is 23.0. The monoisotopic (exact) mass is 384 g/mol. The minimum Gasteiger partial charge on any atom is -0.481 e. The molecule has 1 aromatic heterocycles. The fourth-order valence-corrected chi connectivity index (χ4v) is 4.73. The van der Waals surface area contributed by atoms with Crippen LogP contribution in [0.25, 0.3) is 0 Å². The molecule has 1 aliphatic carbocycles. The van der Waals surface area contributed by atoms with Crippen LogP contribution in [0.2, 0.25) is 0 Å². The Morgan fingerprint density at radius 1 is 1.22 bits per heavy atom. The number of anilines is 2. The van der Waals surface area contributed by atoms with Gasteiger partial charge in [-0.25, -0.2) is 4.98 Å². The molecule has 1 saturated carbocycles. The van der Waals surface area contributed by atoms with Gasteiger partial charge in [0, 0.05) is 38.2 Å². The van der Waals surface area contributed by atoms with E-state index < -0.39 is 17.8 Å². The summed E-state index contributed by atoms with van der Waals surface area (Å²) >= 11 is 0. The van der Waals surface area contributed by atoms with E-state index in [1.807, 2.05) is 11.8 Å². The minimum absolute atomic E-state index is 0.109. The Bertz CT molecular complexity index is 728. The maximum atomic E-state index is 13.4. The Balaban J connectivity index is 1.62. The largest absolute Gasteiger partial charge is 0.481 e. The van der Waals surface area contributed by atoms with Crippen LogP contribution >= 0.6 is 0 Å². The highest BCUT2D eigenvalue weighted by atomic mass is 19.4. The predicted octanol–water partition coefficient (Wildman–Crippen LogP) is 3.03. The van der Waals surface area contributed by atoms with Gasteiger partial charge < -0.3 is 14.9 Å². The second-order valence-electron chi connectivity index (χ2n) is 8.00. The van der Waals surface area contributed by atoms with Gasteiger partial charge in [0.2, 0.25) is 5.95 Å². The Morgan fingerprint density at radius 3 is 2.37 bits per heavy atom. The number of hydrogen-bond donors (Lipinski definition) is 1. The lowest BCUT2D eigenvalue weighted by atomic mass is 9.83. The van der Waals surface area contributed by atoms with E-state index in [9.17, 15) is 18.0 Å². The van der Waals surface area contributed by atoms with Gasteiger partial charge in [0.1, 0.15) is 5.82 Å². The molecule has 148 valence electrons. The van der Waals surface area contributed by atoms with Gasteiger partial charge in [-0.2, -0.15) is 18.2 Å². The van der Waals surface area contributed by atoms with E-state index in [0.29, 0.717) is 25.5 Å². The number of aromatic nitrogens is 2. The highest BCUT2D eigenvalue weighted by molar-refractivity contribution is 5.67. The summed E-state index contributed by atoms with van der Waals surface area (Å²) in [5.41, 5.74) is -0.915. The summed E-state index contributed by atoms with van der Waals surface area (Å²) in [6, 6.07) is 1.17. The maximum absolute atomic E-state index is 13.4. The van der Waals surface area contributed by atoms with E-state index in [2.05, 4.69) is 9.97 Å². The Hall–Kier alpha value is -2.06. The molecule has 3 fully saturated rings. The molecule has 0 aromatic carbocycles. The topological polar surface area (TPSA) is 69.6 Å². The van der Waals surface area contributed by atoms with Crippen molar-refractivity contribution in [2.75, 3.05) is 29.4 Å². The van der Waals surface area contributed by atoms with E-state index in [0.717, 1.165) is 25.3 Å². The van der Waals surface area contributed by atoms with Crippen LogP contribution in [0, 0.1) is 17.8 Å². The molecule has 0 amide bonds. The molecule has 27 heavy (non-hydrogen) atoms. The summed E-state index contributed by atoms with van der Waals surface area (Å²) in [6.07, 6.45) is -1.63. The van der Waals surface area contributed by atoms with Crippen LogP contribution in [0.3, 0.4) is 0 Å². The zero-order valence-electron chi connectivity index (χ0n) is 15.1. The third kappa shape index (κ3) is 3.43. The third-order valence-electron chi connectivity index (χ3n) is 6.33. The molecule has 0 radical (unpaired) electrons. The molecule has 0 spiro atoms. The van der Waals surface area contributed by atoms with Crippen LogP contribution in [0.5, 0.6) is 0 Å². The van der Waals surface area contributed by atoms with Gasteiger partial charge in [-0.3, -0.25) is 4.79 Å². The molecule has 0 unspecified atom stereocenters. The number of rotatable bonds is 4. The zero-order chi connectivity index (χ0) is 19.3. The molecular weight excluding hydrogens is 361 g/mol. The second kappa shape index (κ2) is 6.53. The number of nitrogens with zero attached hydrogens (tertiary/aromatic N) is 4. The van der Waals surface area contributed by atoms with Crippen molar-refractivity contribution in [2.24, 2.45) is 17.8 Å². The summed E-state index contributed by atoms with van der Waals surface area (Å²) in [6.45, 7) is 3.72. The average Bonchev–Trinajstić information content (AvgIpc) is 2.80. The normalized spacial score (nSPS) is 30.4. The van der Waals surface area contributed by atoms with Gasteiger partial charge in [-0.15, -0.1) is 0 Å². The molecule has 4 rings (SSSR count). The molecule has 2 aliphatic heterocycles. The molecule has 9 heteroatoms. The van der Waals surface area contributed by atoms with E-state index >= 15 is 0 Å². The molecule has 1 N–H and O–H groups in total. The van der Waals surface area contributed by atoms with E-state index in [-0.39, 0.29) is 36.2 Å². The molecule has 1 aromatic rings. The lowest BCUT2D eigenvalue weighted by Crippen LogP contribution is -2.47. The molecule has 4 atom stereocenters. The molecule has 3 heterocycles. The Kier molecular flexibility index (Phi) is 4.43. The third-order valence-corrected chi connectivity index (χ3v) is 6.33. The number of carbonyl (C=O) groups is 1. The zero-order valence-corrected chi connectivity index (χ0v) is 15.1. The Labute approximate surface area is 155 Å². The lowest BCUT2D eigenvalue weighted by Gasteiger charge is -2.41. The number of fused-ring (bicyclic) bond motifs is 2. The van der Waals surface area contributed by atoms with Gasteiger partial charge >= 0.3 is 12.1 Å². The van der Waals surface area contributed by atoms with E-state index in [4.69, 9.17) is 5.11 Å². The van der Waals surface area contributed by atoms with E-state index in [1.54, 1.807) is 4.90 Å². The summed E-state index contributed by atoms with van der Waals surface area (Å²) in [5, 5.41) is 9.13. The standard InChI is InChI=1S/C18H23F3N4O2/c1-10-4-5-25(10)17-22-14(18(19,20)21)7-15(23-17)24-8-11-2-3-12(9-24)13(11)6-16(26)27/h7,10-13H,2-6,8-9H2,1H3,(H,26,27)/t10-,11-,12+,13+/m0/s1. The predicted molar refractivity (Wildman–Crippen MR) is 92.6 cm³/mol. The molecule has 3 aliphatic rings. The first-order valence-corrected chi connectivity index (χ1v) is 9.42. The smallest absolute Gasteiger partial charge is 0.433 e. The van der Waals surface area contributed by atoms with Crippen LogP contribution in [-0.4, -0.2) is 46.7 Å². The molecular formula is C18H23F3N4O2. The van der Waals surface area contributed by atoms with Crippen LogP contribution in [0.4, 0.5) is 24.9 Å². The van der Waals surface area contributed by atoms with Crippen molar-refractivity contribution in [1.82, 2.24) is 9.97 Å².